The summed E-state index contributed by atoms with van der Waals surface area (Å²) in [7, 11) is -9.83. The number of halogens is 1. The van der Waals surface area contributed by atoms with Crippen molar-refractivity contribution >= 4 is 48.4 Å². The molecule has 3 aliphatic rings. The average Bonchev–Trinajstić information content (AvgIpc) is 2.82. The van der Waals surface area contributed by atoms with E-state index in [1.54, 1.807) is 0 Å². The molecule has 3 heterocycles. The van der Waals surface area contributed by atoms with E-state index in [9.17, 15) is 25.9 Å². The number of rotatable bonds is 3. The summed E-state index contributed by atoms with van der Waals surface area (Å²) in [4.78, 5) is -1.37. The lowest BCUT2D eigenvalue weighted by Crippen LogP contribution is -2.45. The van der Waals surface area contributed by atoms with Gasteiger partial charge in [0.05, 0.1) is 15.4 Å². The third-order valence-electron chi connectivity index (χ3n) is 6.96. The molecular formula is C25H20INO7S2. The van der Waals surface area contributed by atoms with Gasteiger partial charge in [-0.1, -0.05) is 6.07 Å². The highest BCUT2D eigenvalue weighted by Gasteiger charge is 2.32. The predicted octanol–water partition coefficient (Wildman–Crippen LogP) is 2.18. The molecule has 0 bridgehead atoms. The number of aryl methyl sites for hydroxylation is 1. The Morgan fingerprint density at radius 1 is 0.944 bits per heavy atom. The highest BCUT2D eigenvalue weighted by molar-refractivity contribution is 14.1. The maximum Gasteiger partial charge on any atom is 0.294 e. The third kappa shape index (κ3) is 3.88. The van der Waals surface area contributed by atoms with E-state index in [0.717, 1.165) is 65.6 Å². The van der Waals surface area contributed by atoms with E-state index >= 15 is 0 Å². The summed E-state index contributed by atoms with van der Waals surface area (Å²) in [6.45, 7) is 1.94. The normalized spacial score (nSPS) is 16.6. The van der Waals surface area contributed by atoms with Crippen LogP contribution in [0.25, 0.3) is 5.57 Å². The molecule has 11 heteroatoms. The number of benzene rings is 3. The summed E-state index contributed by atoms with van der Waals surface area (Å²) in [5, 5.41) is 1.85. The van der Waals surface area contributed by atoms with Crippen LogP contribution in [0.3, 0.4) is 0 Å². The van der Waals surface area contributed by atoms with Crippen LogP contribution in [-0.2, 0) is 33.1 Å². The van der Waals surface area contributed by atoms with E-state index in [1.807, 2.05) is 24.3 Å². The fourth-order valence-electron chi connectivity index (χ4n) is 5.54. The molecule has 0 saturated carbocycles. The smallest absolute Gasteiger partial charge is 0.294 e. The van der Waals surface area contributed by atoms with Crippen LogP contribution in [0.2, 0.25) is 0 Å². The number of ether oxygens (including phenoxy) is 1. The number of nitrogens with zero attached hydrogens (tertiary/aromatic N) is 1. The van der Waals surface area contributed by atoms with Crippen LogP contribution in [0.15, 0.2) is 52.3 Å². The first-order valence-electron chi connectivity index (χ1n) is 11.4. The van der Waals surface area contributed by atoms with Gasteiger partial charge in [0.1, 0.15) is 34.7 Å². The van der Waals surface area contributed by atoms with Crippen molar-refractivity contribution in [2.75, 3.05) is 13.1 Å². The zero-order chi connectivity index (χ0) is 25.4. The second-order valence-electron chi connectivity index (χ2n) is 9.14. The second-order valence-corrected chi connectivity index (χ2v) is 13.2. The molecule has 0 radical (unpaired) electrons. The number of fused-ring (bicyclic) bond motifs is 3. The van der Waals surface area contributed by atoms with Crippen molar-refractivity contribution in [3.05, 3.63) is 78.9 Å². The van der Waals surface area contributed by atoms with Crippen LogP contribution in [0.5, 0.6) is 11.5 Å². The standard InChI is InChI=1S/C25H20INO7S2/c26-15-5-7-17-21(12-15)34-25-19-4-2-10-27-9-1-3-14(24(19)27)11-20(25)23(17)18-8-6-16(35(28,29)30)13-22(18)36(31,32)33/h5-8,11-13H,1-4,9-10H2,(H-,28,29,30,31,32,33). The van der Waals surface area contributed by atoms with Gasteiger partial charge >= 0.3 is 0 Å². The van der Waals surface area contributed by atoms with Crippen molar-refractivity contribution in [1.29, 1.82) is 0 Å². The molecular weight excluding hydrogens is 617 g/mol. The minimum absolute atomic E-state index is 0.0695. The molecule has 0 aliphatic carbocycles. The monoisotopic (exact) mass is 637 g/mol. The van der Waals surface area contributed by atoms with E-state index < -0.39 is 30.0 Å². The minimum atomic E-state index is -5.11. The molecule has 1 N–H and O–H groups in total. The van der Waals surface area contributed by atoms with E-state index in [2.05, 4.69) is 27.2 Å². The second kappa shape index (κ2) is 8.35. The Hall–Kier alpha value is -2.32. The topological polar surface area (TPSA) is 124 Å². The van der Waals surface area contributed by atoms with Crippen molar-refractivity contribution in [2.45, 2.75) is 35.5 Å². The molecule has 0 saturated heterocycles. The van der Waals surface area contributed by atoms with E-state index in [4.69, 9.17) is 4.74 Å². The summed E-state index contributed by atoms with van der Waals surface area (Å²) in [5.41, 5.74) is 3.37. The zero-order valence-electron chi connectivity index (χ0n) is 18.8. The Balaban J connectivity index is 1.81. The molecule has 3 aliphatic heterocycles. The van der Waals surface area contributed by atoms with Gasteiger partial charge in [-0.3, -0.25) is 4.55 Å². The minimum Gasteiger partial charge on any atom is -0.744 e. The highest BCUT2D eigenvalue weighted by Crippen LogP contribution is 2.40. The van der Waals surface area contributed by atoms with E-state index in [1.165, 1.54) is 11.4 Å². The lowest BCUT2D eigenvalue weighted by molar-refractivity contribution is 0.436. The Bertz CT molecular complexity index is 1830. The molecule has 0 fully saturated rings. The molecule has 3 aromatic rings. The van der Waals surface area contributed by atoms with Gasteiger partial charge < -0.3 is 9.29 Å². The summed E-state index contributed by atoms with van der Waals surface area (Å²) >= 11 is 2.17. The van der Waals surface area contributed by atoms with Gasteiger partial charge in [-0.25, -0.2) is 13.0 Å². The molecule has 0 amide bonds. The van der Waals surface area contributed by atoms with Crippen molar-refractivity contribution in [1.82, 2.24) is 4.58 Å². The van der Waals surface area contributed by atoms with Crippen LogP contribution in [0, 0.1) is 3.57 Å². The lowest BCUT2D eigenvalue weighted by Gasteiger charge is -2.27. The van der Waals surface area contributed by atoms with Gasteiger partial charge in [0, 0.05) is 43.9 Å². The van der Waals surface area contributed by atoms with Crippen molar-refractivity contribution < 1.29 is 30.7 Å². The van der Waals surface area contributed by atoms with Gasteiger partial charge in [-0.2, -0.15) is 8.42 Å². The molecule has 3 aromatic carbocycles. The van der Waals surface area contributed by atoms with Crippen LogP contribution >= 0.6 is 22.6 Å². The van der Waals surface area contributed by atoms with Crippen molar-refractivity contribution in [3.8, 4) is 11.5 Å². The first-order chi connectivity index (χ1) is 17.0. The van der Waals surface area contributed by atoms with Gasteiger partial charge in [0.2, 0.25) is 5.36 Å². The quantitative estimate of drug-likeness (QED) is 0.208. The van der Waals surface area contributed by atoms with Crippen molar-refractivity contribution in [3.63, 3.8) is 0 Å². The number of hydrogen-bond donors (Lipinski definition) is 1. The fourth-order valence-corrected chi connectivity index (χ4v) is 7.30. The number of hydrogen-bond acceptors (Lipinski definition) is 6. The molecule has 0 spiro atoms. The van der Waals surface area contributed by atoms with Crippen molar-refractivity contribution in [2.24, 2.45) is 0 Å². The molecule has 6 rings (SSSR count). The van der Waals surface area contributed by atoms with Crippen LogP contribution in [-0.4, -0.2) is 39.0 Å². The maximum absolute atomic E-state index is 12.4. The Morgan fingerprint density at radius 2 is 1.67 bits per heavy atom. The average molecular weight is 637 g/mol. The SMILES string of the molecule is O=S(=O)([O-])c1cc(S(=O)(=O)O)ccc1C1=c2cc3c4c(c2Oc2cc(I)ccc21)CCC[N+]=4CCC3. The van der Waals surface area contributed by atoms with Gasteiger partial charge in [-0.05, 0) is 71.8 Å². The van der Waals surface area contributed by atoms with Crippen LogP contribution in [0.1, 0.15) is 35.1 Å². The van der Waals surface area contributed by atoms with Crippen LogP contribution < -0.4 is 19.9 Å². The van der Waals surface area contributed by atoms with Crippen LogP contribution in [0.4, 0.5) is 0 Å². The zero-order valence-corrected chi connectivity index (χ0v) is 22.6. The predicted molar refractivity (Wildman–Crippen MR) is 138 cm³/mol. The summed E-state index contributed by atoms with van der Waals surface area (Å²) in [6.07, 6.45) is 3.64. The van der Waals surface area contributed by atoms with Gasteiger partial charge in [0.25, 0.3) is 10.1 Å². The molecule has 36 heavy (non-hydrogen) atoms. The summed E-state index contributed by atoms with van der Waals surface area (Å²) in [5.74, 6) is 1.17. The molecule has 0 atom stereocenters. The van der Waals surface area contributed by atoms with Gasteiger partial charge in [0.15, 0.2) is 0 Å². The lowest BCUT2D eigenvalue weighted by atomic mass is 9.87. The maximum atomic E-state index is 12.4. The Kier molecular flexibility index (Phi) is 5.58. The molecule has 8 nitrogen and oxygen atoms in total. The van der Waals surface area contributed by atoms with E-state index in [-0.39, 0.29) is 5.56 Å². The van der Waals surface area contributed by atoms with E-state index in [0.29, 0.717) is 27.9 Å². The first-order valence-corrected chi connectivity index (χ1v) is 15.3. The summed E-state index contributed by atoms with van der Waals surface area (Å²) in [6, 6.07) is 10.6. The summed E-state index contributed by atoms with van der Waals surface area (Å²) < 4.78 is 79.9. The largest absolute Gasteiger partial charge is 0.744 e. The molecule has 186 valence electrons. The Labute approximate surface area is 221 Å². The molecule has 0 aromatic heterocycles. The first kappa shape index (κ1) is 24.0. The molecule has 0 unspecified atom stereocenters. The highest BCUT2D eigenvalue weighted by atomic mass is 127. The fraction of sp³-hybridized carbons (Fsp3) is 0.240. The van der Waals surface area contributed by atoms with Gasteiger partial charge in [-0.15, -0.1) is 0 Å². The third-order valence-corrected chi connectivity index (χ3v) is 9.35. The Morgan fingerprint density at radius 3 is 2.39 bits per heavy atom.